The molecule has 2 N–H and O–H groups in total. The molecule has 0 aliphatic heterocycles. The highest BCUT2D eigenvalue weighted by atomic mass is 32.1. The minimum atomic E-state index is -0.741. The van der Waals surface area contributed by atoms with Crippen LogP contribution < -0.4 is 10.1 Å². The van der Waals surface area contributed by atoms with Gasteiger partial charge in [-0.1, -0.05) is 26.0 Å². The normalized spacial score (nSPS) is 26.1. The molecule has 1 aromatic carbocycles. The Morgan fingerprint density at radius 2 is 2.09 bits per heavy atom. The molecule has 5 rings (SSSR count). The van der Waals surface area contributed by atoms with Crippen molar-refractivity contribution in [3.63, 3.8) is 0 Å². The Morgan fingerprint density at radius 3 is 2.81 bits per heavy atom. The van der Waals surface area contributed by atoms with Gasteiger partial charge in [0.05, 0.1) is 12.7 Å². The van der Waals surface area contributed by atoms with Gasteiger partial charge < -0.3 is 15.2 Å². The van der Waals surface area contributed by atoms with Gasteiger partial charge in [-0.15, -0.1) is 11.3 Å². The molecule has 0 unspecified atom stereocenters. The first kappa shape index (κ1) is 22.8. The van der Waals surface area contributed by atoms with Gasteiger partial charge in [0.1, 0.15) is 5.75 Å². The van der Waals surface area contributed by atoms with Crippen LogP contribution in [-0.2, 0) is 4.79 Å². The summed E-state index contributed by atoms with van der Waals surface area (Å²) in [5.74, 6) is 1.66. The number of amides is 1. The number of hydrogen-bond donors (Lipinski definition) is 2. The molecule has 3 fully saturated rings. The fraction of sp³-hybridized carbons (Fsp3) is 0.538. The summed E-state index contributed by atoms with van der Waals surface area (Å²) in [7, 11) is 1.64. The molecule has 0 radical (unpaired) electrons. The fourth-order valence-electron chi connectivity index (χ4n) is 5.67. The SMILES string of the molecule is COc1ccc2scc(C(=O)N[C@H]3[C@@H](CC=CCCCC(=O)O)C[C@H]4C[C@@H]3C4(C)C)c2c1. The summed E-state index contributed by atoms with van der Waals surface area (Å²) < 4.78 is 6.45. The number of benzene rings is 1. The van der Waals surface area contributed by atoms with Crippen molar-refractivity contribution >= 4 is 33.3 Å². The zero-order chi connectivity index (χ0) is 22.9. The van der Waals surface area contributed by atoms with Crippen molar-refractivity contribution in [2.75, 3.05) is 7.11 Å². The monoisotopic (exact) mass is 455 g/mol. The van der Waals surface area contributed by atoms with E-state index in [2.05, 4.69) is 31.3 Å². The van der Waals surface area contributed by atoms with Gasteiger partial charge >= 0.3 is 5.97 Å². The summed E-state index contributed by atoms with van der Waals surface area (Å²) in [6, 6.07) is 6.04. The van der Waals surface area contributed by atoms with Crippen molar-refractivity contribution in [2.24, 2.45) is 23.2 Å². The van der Waals surface area contributed by atoms with Gasteiger partial charge in [-0.05, 0) is 73.5 Å². The average molecular weight is 456 g/mol. The molecule has 5 nitrogen and oxygen atoms in total. The zero-order valence-corrected chi connectivity index (χ0v) is 19.9. The zero-order valence-electron chi connectivity index (χ0n) is 19.1. The number of nitrogens with one attached hydrogen (secondary N) is 1. The minimum Gasteiger partial charge on any atom is -0.497 e. The molecule has 3 aliphatic rings. The second-order valence-corrected chi connectivity index (χ2v) is 10.8. The molecular formula is C26H33NO4S. The van der Waals surface area contributed by atoms with E-state index in [-0.39, 0.29) is 23.8 Å². The van der Waals surface area contributed by atoms with Crippen LogP contribution in [-0.4, -0.2) is 30.1 Å². The third kappa shape index (κ3) is 4.42. The number of carbonyl (C=O) groups is 2. The highest BCUT2D eigenvalue weighted by Crippen LogP contribution is 2.61. The molecule has 6 heteroatoms. The Morgan fingerprint density at radius 1 is 1.28 bits per heavy atom. The van der Waals surface area contributed by atoms with E-state index < -0.39 is 5.97 Å². The molecule has 3 aliphatic carbocycles. The maximum absolute atomic E-state index is 13.4. The molecule has 1 amide bonds. The van der Waals surface area contributed by atoms with Gasteiger partial charge in [0.25, 0.3) is 5.91 Å². The standard InChI is InChI=1S/C26H33NO4S/c1-26(2)17-12-16(8-6-4-5-7-9-23(28)29)24(21(26)13-17)27-25(30)20-15-32-22-11-10-18(31-3)14-19(20)22/h4,6,10-11,14-17,21,24H,5,7-9,12-13H2,1-3H3,(H,27,30)(H,28,29)/t16-,17-,21-,24-/m0/s1. The quantitative estimate of drug-likeness (QED) is 0.365. The third-order valence-electron chi connectivity index (χ3n) is 7.76. The number of hydrogen-bond acceptors (Lipinski definition) is 4. The van der Waals surface area contributed by atoms with Gasteiger partial charge in [-0.2, -0.15) is 0 Å². The van der Waals surface area contributed by atoms with E-state index in [0.717, 1.165) is 46.6 Å². The number of ether oxygens (including phenoxy) is 1. The van der Waals surface area contributed by atoms with Gasteiger partial charge in [-0.3, -0.25) is 9.59 Å². The molecule has 0 spiro atoms. The van der Waals surface area contributed by atoms with E-state index in [9.17, 15) is 9.59 Å². The average Bonchev–Trinajstić information content (AvgIpc) is 3.19. The van der Waals surface area contributed by atoms with Crippen LogP contribution in [0.2, 0.25) is 0 Å². The predicted octanol–water partition coefficient (Wildman–Crippen LogP) is 5.89. The number of aliphatic carboxylic acids is 1. The Balaban J connectivity index is 1.47. The topological polar surface area (TPSA) is 75.6 Å². The predicted molar refractivity (Wildman–Crippen MR) is 128 cm³/mol. The molecule has 172 valence electrons. The smallest absolute Gasteiger partial charge is 0.303 e. The summed E-state index contributed by atoms with van der Waals surface area (Å²) in [5.41, 5.74) is 0.991. The van der Waals surface area contributed by atoms with Crippen LogP contribution in [0.25, 0.3) is 10.1 Å². The van der Waals surface area contributed by atoms with Crippen LogP contribution in [0.5, 0.6) is 5.75 Å². The number of fused-ring (bicyclic) bond motifs is 3. The number of methoxy groups -OCH3 is 1. The largest absolute Gasteiger partial charge is 0.497 e. The molecular weight excluding hydrogens is 422 g/mol. The minimum absolute atomic E-state index is 0.00564. The van der Waals surface area contributed by atoms with Gasteiger partial charge in [-0.25, -0.2) is 0 Å². The maximum atomic E-state index is 13.4. The summed E-state index contributed by atoms with van der Waals surface area (Å²) in [6.45, 7) is 4.68. The molecule has 2 bridgehead atoms. The Bertz CT molecular complexity index is 1020. The second-order valence-electron chi connectivity index (χ2n) is 9.86. The Hall–Kier alpha value is -2.34. The summed E-state index contributed by atoms with van der Waals surface area (Å²) >= 11 is 1.59. The van der Waals surface area contributed by atoms with Gasteiger partial charge in [0.2, 0.25) is 0 Å². The Labute approximate surface area is 193 Å². The highest BCUT2D eigenvalue weighted by molar-refractivity contribution is 7.17. The van der Waals surface area contributed by atoms with Crippen LogP contribution in [0.4, 0.5) is 0 Å². The summed E-state index contributed by atoms with van der Waals surface area (Å²) in [4.78, 5) is 24.0. The lowest BCUT2D eigenvalue weighted by molar-refractivity contribution is -0.137. The lowest BCUT2D eigenvalue weighted by Crippen LogP contribution is -2.63. The molecule has 2 aromatic rings. The first-order valence-electron chi connectivity index (χ1n) is 11.5. The maximum Gasteiger partial charge on any atom is 0.303 e. The van der Waals surface area contributed by atoms with E-state index in [1.165, 1.54) is 6.42 Å². The second kappa shape index (κ2) is 9.26. The first-order chi connectivity index (χ1) is 15.3. The van der Waals surface area contributed by atoms with Crippen molar-refractivity contribution in [2.45, 2.75) is 58.4 Å². The molecule has 0 saturated heterocycles. The van der Waals surface area contributed by atoms with Crippen molar-refractivity contribution in [1.82, 2.24) is 5.32 Å². The van der Waals surface area contributed by atoms with Crippen LogP contribution in [0.15, 0.2) is 35.7 Å². The van der Waals surface area contributed by atoms with Crippen molar-refractivity contribution in [1.29, 1.82) is 0 Å². The molecule has 4 atom stereocenters. The third-order valence-corrected chi connectivity index (χ3v) is 8.73. The number of carbonyl (C=O) groups excluding carboxylic acids is 1. The highest BCUT2D eigenvalue weighted by Gasteiger charge is 2.57. The number of rotatable bonds is 9. The number of carboxylic acids is 1. The van der Waals surface area contributed by atoms with Crippen molar-refractivity contribution in [3.05, 3.63) is 41.3 Å². The lowest BCUT2D eigenvalue weighted by Gasteiger charge is -2.62. The summed E-state index contributed by atoms with van der Waals surface area (Å²) in [5, 5.41) is 15.1. The summed E-state index contributed by atoms with van der Waals surface area (Å²) in [6.07, 6.45) is 9.21. The number of allylic oxidation sites excluding steroid dienone is 2. The first-order valence-corrected chi connectivity index (χ1v) is 12.4. The van der Waals surface area contributed by atoms with E-state index in [0.29, 0.717) is 18.3 Å². The van der Waals surface area contributed by atoms with E-state index in [1.807, 2.05) is 23.6 Å². The molecule has 3 saturated carbocycles. The lowest BCUT2D eigenvalue weighted by atomic mass is 9.44. The fourth-order valence-corrected chi connectivity index (χ4v) is 6.59. The molecule has 1 heterocycles. The van der Waals surface area contributed by atoms with E-state index >= 15 is 0 Å². The van der Waals surface area contributed by atoms with Crippen LogP contribution >= 0.6 is 11.3 Å². The van der Waals surface area contributed by atoms with E-state index in [1.54, 1.807) is 18.4 Å². The van der Waals surface area contributed by atoms with Gasteiger partial charge in [0.15, 0.2) is 0 Å². The Kier molecular flexibility index (Phi) is 6.61. The number of thiophene rings is 1. The number of carboxylic acid groups (broad SMARTS) is 1. The van der Waals surface area contributed by atoms with E-state index in [4.69, 9.17) is 9.84 Å². The van der Waals surface area contributed by atoms with Crippen molar-refractivity contribution in [3.8, 4) is 5.75 Å². The molecule has 1 aromatic heterocycles. The van der Waals surface area contributed by atoms with Crippen LogP contribution in [0.3, 0.4) is 0 Å². The number of unbranched alkanes of at least 4 members (excludes halogenated alkanes) is 1. The molecule has 32 heavy (non-hydrogen) atoms. The van der Waals surface area contributed by atoms with Crippen LogP contribution in [0, 0.1) is 23.2 Å². The van der Waals surface area contributed by atoms with Crippen LogP contribution in [0.1, 0.15) is 62.7 Å². The van der Waals surface area contributed by atoms with Crippen molar-refractivity contribution < 1.29 is 19.4 Å². The van der Waals surface area contributed by atoms with Gasteiger partial charge in [0, 0.05) is 27.9 Å².